The highest BCUT2D eigenvalue weighted by atomic mass is 15.2. The van der Waals surface area contributed by atoms with Gasteiger partial charge in [0, 0.05) is 18.1 Å². The van der Waals surface area contributed by atoms with Crippen molar-refractivity contribution in [3.63, 3.8) is 0 Å². The molecular formula is C11H24N2. The van der Waals surface area contributed by atoms with Crippen LogP contribution in [0.2, 0.25) is 0 Å². The Balaban J connectivity index is 2.49. The van der Waals surface area contributed by atoms with Crippen molar-refractivity contribution in [3.05, 3.63) is 0 Å². The Morgan fingerprint density at radius 1 is 1.38 bits per heavy atom. The summed E-state index contributed by atoms with van der Waals surface area (Å²) in [6, 6.07) is 0.705. The van der Waals surface area contributed by atoms with Gasteiger partial charge in [-0.3, -0.25) is 4.90 Å². The van der Waals surface area contributed by atoms with E-state index in [4.69, 9.17) is 5.73 Å². The molecule has 1 rings (SSSR count). The van der Waals surface area contributed by atoms with Crippen LogP contribution in [0.1, 0.15) is 40.5 Å². The van der Waals surface area contributed by atoms with Crippen molar-refractivity contribution in [3.8, 4) is 0 Å². The molecule has 0 saturated carbocycles. The number of piperidine rings is 1. The maximum Gasteiger partial charge on any atom is 0.0226 e. The number of hydrogen-bond donors (Lipinski definition) is 1. The molecule has 0 bridgehead atoms. The quantitative estimate of drug-likeness (QED) is 0.709. The first-order chi connectivity index (χ1) is 5.90. The van der Waals surface area contributed by atoms with Gasteiger partial charge in [-0.25, -0.2) is 0 Å². The summed E-state index contributed by atoms with van der Waals surface area (Å²) in [5.41, 5.74) is 5.98. The highest BCUT2D eigenvalue weighted by Crippen LogP contribution is 2.23. The molecule has 1 fully saturated rings. The molecule has 0 aromatic rings. The first-order valence-electron chi connectivity index (χ1n) is 5.43. The lowest BCUT2D eigenvalue weighted by atomic mass is 9.90. The number of rotatable bonds is 2. The molecule has 78 valence electrons. The Labute approximate surface area is 82.5 Å². The van der Waals surface area contributed by atoms with E-state index in [1.807, 2.05) is 0 Å². The van der Waals surface area contributed by atoms with Crippen molar-refractivity contribution in [2.75, 3.05) is 13.1 Å². The summed E-state index contributed by atoms with van der Waals surface area (Å²) in [5.74, 6) is 0.830. The maximum atomic E-state index is 6.03. The second-order valence-corrected chi connectivity index (χ2v) is 5.32. The van der Waals surface area contributed by atoms with E-state index in [0.717, 1.165) is 12.5 Å². The van der Waals surface area contributed by atoms with Crippen LogP contribution in [0.3, 0.4) is 0 Å². The van der Waals surface area contributed by atoms with Gasteiger partial charge in [0.1, 0.15) is 0 Å². The normalized spacial score (nSPS) is 32.1. The highest BCUT2D eigenvalue weighted by molar-refractivity contribution is 4.84. The smallest absolute Gasteiger partial charge is 0.0226 e. The summed E-state index contributed by atoms with van der Waals surface area (Å²) in [6.07, 6.45) is 2.71. The molecule has 2 nitrogen and oxygen atoms in total. The Bertz CT molecular complexity index is 160. The van der Waals surface area contributed by atoms with Crippen LogP contribution in [-0.2, 0) is 0 Å². The van der Waals surface area contributed by atoms with E-state index in [1.54, 1.807) is 0 Å². The molecule has 0 radical (unpaired) electrons. The van der Waals surface area contributed by atoms with Gasteiger partial charge < -0.3 is 5.73 Å². The van der Waals surface area contributed by atoms with Crippen molar-refractivity contribution in [1.29, 1.82) is 0 Å². The summed E-state index contributed by atoms with van der Waals surface area (Å²) in [5, 5.41) is 0. The van der Waals surface area contributed by atoms with Gasteiger partial charge in [-0.2, -0.15) is 0 Å². The van der Waals surface area contributed by atoms with Gasteiger partial charge in [-0.1, -0.05) is 6.92 Å². The van der Waals surface area contributed by atoms with E-state index in [0.29, 0.717) is 6.04 Å². The molecule has 1 aliphatic heterocycles. The minimum atomic E-state index is -0.0503. The predicted molar refractivity (Wildman–Crippen MR) is 57.7 cm³/mol. The zero-order valence-corrected chi connectivity index (χ0v) is 9.51. The number of hydrogen-bond acceptors (Lipinski definition) is 2. The predicted octanol–water partition coefficient (Wildman–Crippen LogP) is 1.84. The zero-order valence-electron chi connectivity index (χ0n) is 9.51. The standard InChI is InChI=1S/C11H24N2/c1-9-6-5-7-13(10(9)2)8-11(3,4)12/h9-10H,5-8,12H2,1-4H3. The van der Waals surface area contributed by atoms with E-state index in [2.05, 4.69) is 32.6 Å². The Morgan fingerprint density at radius 3 is 2.54 bits per heavy atom. The summed E-state index contributed by atoms with van der Waals surface area (Å²) in [6.45, 7) is 11.2. The third-order valence-corrected chi connectivity index (χ3v) is 3.11. The summed E-state index contributed by atoms with van der Waals surface area (Å²) < 4.78 is 0. The Morgan fingerprint density at radius 2 is 2.00 bits per heavy atom. The van der Waals surface area contributed by atoms with Crippen LogP contribution in [0, 0.1) is 5.92 Å². The molecule has 0 aromatic carbocycles. The molecule has 2 atom stereocenters. The van der Waals surface area contributed by atoms with E-state index < -0.39 is 0 Å². The van der Waals surface area contributed by atoms with Crippen LogP contribution in [-0.4, -0.2) is 29.6 Å². The summed E-state index contributed by atoms with van der Waals surface area (Å²) >= 11 is 0. The molecule has 1 saturated heterocycles. The molecule has 0 aliphatic carbocycles. The van der Waals surface area contributed by atoms with E-state index in [1.165, 1.54) is 19.4 Å². The zero-order chi connectivity index (χ0) is 10.1. The van der Waals surface area contributed by atoms with Crippen molar-refractivity contribution < 1.29 is 0 Å². The molecule has 2 heteroatoms. The van der Waals surface area contributed by atoms with Crippen LogP contribution in [0.25, 0.3) is 0 Å². The first-order valence-corrected chi connectivity index (χ1v) is 5.43. The summed E-state index contributed by atoms with van der Waals surface area (Å²) in [7, 11) is 0. The molecular weight excluding hydrogens is 160 g/mol. The van der Waals surface area contributed by atoms with Crippen LogP contribution < -0.4 is 5.73 Å². The summed E-state index contributed by atoms with van der Waals surface area (Å²) in [4.78, 5) is 2.54. The minimum absolute atomic E-state index is 0.0503. The molecule has 13 heavy (non-hydrogen) atoms. The number of nitrogens with zero attached hydrogens (tertiary/aromatic N) is 1. The number of nitrogens with two attached hydrogens (primary N) is 1. The highest BCUT2D eigenvalue weighted by Gasteiger charge is 2.27. The van der Waals surface area contributed by atoms with Crippen molar-refractivity contribution in [2.45, 2.75) is 52.1 Å². The van der Waals surface area contributed by atoms with E-state index >= 15 is 0 Å². The first kappa shape index (κ1) is 11.0. The maximum absolute atomic E-state index is 6.03. The van der Waals surface area contributed by atoms with Crippen LogP contribution in [0.5, 0.6) is 0 Å². The molecule has 2 N–H and O–H groups in total. The second kappa shape index (κ2) is 3.97. The average Bonchev–Trinajstić information content (AvgIpc) is 1.96. The Kier molecular flexibility index (Phi) is 3.36. The monoisotopic (exact) mass is 184 g/mol. The fourth-order valence-electron chi connectivity index (χ4n) is 2.17. The third kappa shape index (κ3) is 3.28. The SMILES string of the molecule is CC1CCCN(CC(C)(C)N)C1C. The third-order valence-electron chi connectivity index (χ3n) is 3.11. The molecule has 0 amide bonds. The van der Waals surface area contributed by atoms with Crippen molar-refractivity contribution in [2.24, 2.45) is 11.7 Å². The molecule has 0 spiro atoms. The van der Waals surface area contributed by atoms with Crippen molar-refractivity contribution in [1.82, 2.24) is 4.90 Å². The minimum Gasteiger partial charge on any atom is -0.324 e. The van der Waals surface area contributed by atoms with Crippen molar-refractivity contribution >= 4 is 0 Å². The number of likely N-dealkylation sites (tertiary alicyclic amines) is 1. The molecule has 1 aliphatic rings. The lowest BCUT2D eigenvalue weighted by Crippen LogP contribution is -2.52. The van der Waals surface area contributed by atoms with E-state index in [-0.39, 0.29) is 5.54 Å². The van der Waals surface area contributed by atoms with Gasteiger partial charge in [-0.15, -0.1) is 0 Å². The topological polar surface area (TPSA) is 29.3 Å². The largest absolute Gasteiger partial charge is 0.324 e. The van der Waals surface area contributed by atoms with Crippen LogP contribution in [0.15, 0.2) is 0 Å². The fraction of sp³-hybridized carbons (Fsp3) is 1.00. The lowest BCUT2D eigenvalue weighted by Gasteiger charge is -2.41. The van der Waals surface area contributed by atoms with Crippen LogP contribution >= 0.6 is 0 Å². The lowest BCUT2D eigenvalue weighted by molar-refractivity contribution is 0.0939. The average molecular weight is 184 g/mol. The van der Waals surface area contributed by atoms with Gasteiger partial charge >= 0.3 is 0 Å². The van der Waals surface area contributed by atoms with Gasteiger partial charge in [0.25, 0.3) is 0 Å². The van der Waals surface area contributed by atoms with E-state index in [9.17, 15) is 0 Å². The Hall–Kier alpha value is -0.0800. The molecule has 1 heterocycles. The van der Waals surface area contributed by atoms with Gasteiger partial charge in [-0.05, 0) is 46.1 Å². The fourth-order valence-corrected chi connectivity index (χ4v) is 2.17. The molecule has 2 unspecified atom stereocenters. The van der Waals surface area contributed by atoms with Gasteiger partial charge in [0.2, 0.25) is 0 Å². The molecule has 0 aromatic heterocycles. The van der Waals surface area contributed by atoms with Gasteiger partial charge in [0.05, 0.1) is 0 Å². The van der Waals surface area contributed by atoms with Crippen LogP contribution in [0.4, 0.5) is 0 Å². The second-order valence-electron chi connectivity index (χ2n) is 5.32. The van der Waals surface area contributed by atoms with Gasteiger partial charge in [0.15, 0.2) is 0 Å².